The van der Waals surface area contributed by atoms with Crippen molar-refractivity contribution in [2.45, 2.75) is 13.8 Å². The van der Waals surface area contributed by atoms with Gasteiger partial charge in [0.15, 0.2) is 0 Å². The minimum absolute atomic E-state index is 0.783. The summed E-state index contributed by atoms with van der Waals surface area (Å²) in [7, 11) is 2.00. The van der Waals surface area contributed by atoms with E-state index in [0.29, 0.717) is 0 Å². The monoisotopic (exact) mass is 266 g/mol. The fourth-order valence-corrected chi connectivity index (χ4v) is 2.04. The minimum atomic E-state index is 0.783. The van der Waals surface area contributed by atoms with Gasteiger partial charge < -0.3 is 4.57 Å². The number of imidazole rings is 1. The van der Waals surface area contributed by atoms with Crippen molar-refractivity contribution in [3.63, 3.8) is 0 Å². The van der Waals surface area contributed by atoms with E-state index in [1.165, 1.54) is 11.1 Å². The van der Waals surface area contributed by atoms with Crippen LogP contribution >= 0.6 is 0 Å². The zero-order valence-corrected chi connectivity index (χ0v) is 12.0. The second kappa shape index (κ2) is 6.15. The molecule has 1 aromatic heterocycles. The number of fused-ring (bicyclic) bond motifs is 1. The minimum Gasteiger partial charge on any atom is -0.334 e. The molecule has 0 aliphatic carbocycles. The first-order valence-corrected chi connectivity index (χ1v) is 6.50. The number of nitrogens with zero attached hydrogens (tertiary/aromatic N) is 2. The van der Waals surface area contributed by atoms with Gasteiger partial charge in [0.05, 0.1) is 17.4 Å². The van der Waals surface area contributed by atoms with E-state index in [9.17, 15) is 4.79 Å². The number of carbonyl (C=O) groups is 1. The number of hydrogen-bond donors (Lipinski definition) is 0. The number of aldehydes is 1. The molecule has 1 heterocycles. The molecular formula is C17H18N2O. The molecule has 20 heavy (non-hydrogen) atoms. The summed E-state index contributed by atoms with van der Waals surface area (Å²) < 4.78 is 2.01. The largest absolute Gasteiger partial charge is 0.334 e. The van der Waals surface area contributed by atoms with Gasteiger partial charge in [-0.1, -0.05) is 35.9 Å². The summed E-state index contributed by atoms with van der Waals surface area (Å²) in [6.07, 6.45) is 2.71. The van der Waals surface area contributed by atoms with Gasteiger partial charge in [0.25, 0.3) is 0 Å². The van der Waals surface area contributed by atoms with Crippen molar-refractivity contribution in [2.24, 2.45) is 7.05 Å². The number of benzene rings is 2. The molecule has 3 heteroatoms. The van der Waals surface area contributed by atoms with Crippen LogP contribution in [0.2, 0.25) is 0 Å². The second-order valence-electron chi connectivity index (χ2n) is 4.82. The Kier molecular flexibility index (Phi) is 4.31. The number of rotatable bonds is 1. The Bertz CT molecular complexity index is 729. The van der Waals surface area contributed by atoms with Crippen molar-refractivity contribution in [1.82, 2.24) is 9.55 Å². The van der Waals surface area contributed by atoms with E-state index in [1.807, 2.05) is 68.2 Å². The van der Waals surface area contributed by atoms with E-state index in [4.69, 9.17) is 0 Å². The lowest BCUT2D eigenvalue weighted by atomic mass is 10.1. The van der Waals surface area contributed by atoms with Gasteiger partial charge in [-0.15, -0.1) is 0 Å². The standard InChI is InChI=1S/C9H10O.C8H8N2/c1-7-3-4-9(6-10)8(2)5-7;1-10-6-9-7-4-2-3-5-8(7)10/h3-6H,1-2H3;2-6H,1H3. The van der Waals surface area contributed by atoms with Crippen molar-refractivity contribution in [3.8, 4) is 0 Å². The molecule has 0 amide bonds. The molecule has 0 N–H and O–H groups in total. The predicted octanol–water partition coefficient (Wildman–Crippen LogP) is 3.69. The van der Waals surface area contributed by atoms with Crippen molar-refractivity contribution in [3.05, 3.63) is 65.5 Å². The van der Waals surface area contributed by atoms with E-state index in [2.05, 4.69) is 11.1 Å². The maximum Gasteiger partial charge on any atom is 0.150 e. The summed E-state index contributed by atoms with van der Waals surface area (Å²) in [5.41, 5.74) is 5.27. The van der Waals surface area contributed by atoms with Gasteiger partial charge in [0.2, 0.25) is 0 Å². The summed E-state index contributed by atoms with van der Waals surface area (Å²) >= 11 is 0. The van der Waals surface area contributed by atoms with Gasteiger partial charge in [0.1, 0.15) is 6.29 Å². The summed E-state index contributed by atoms with van der Waals surface area (Å²) in [6.45, 7) is 3.96. The number of para-hydroxylation sites is 2. The third kappa shape index (κ3) is 3.12. The van der Waals surface area contributed by atoms with Gasteiger partial charge in [-0.2, -0.15) is 0 Å². The Hall–Kier alpha value is -2.42. The first kappa shape index (κ1) is 14.0. The Labute approximate surface area is 118 Å². The van der Waals surface area contributed by atoms with E-state index in [0.717, 1.165) is 22.9 Å². The van der Waals surface area contributed by atoms with Crippen LogP contribution < -0.4 is 0 Å². The average Bonchev–Trinajstić information content (AvgIpc) is 2.82. The van der Waals surface area contributed by atoms with Gasteiger partial charge in [-0.3, -0.25) is 4.79 Å². The maximum absolute atomic E-state index is 10.3. The Balaban J connectivity index is 0.000000147. The van der Waals surface area contributed by atoms with Gasteiger partial charge in [-0.25, -0.2) is 4.98 Å². The molecule has 3 nitrogen and oxygen atoms in total. The number of hydrogen-bond acceptors (Lipinski definition) is 2. The number of aryl methyl sites for hydroxylation is 3. The molecule has 3 rings (SSSR count). The Morgan fingerprint density at radius 3 is 2.50 bits per heavy atom. The molecule has 102 valence electrons. The van der Waals surface area contributed by atoms with Crippen molar-refractivity contribution in [1.29, 1.82) is 0 Å². The van der Waals surface area contributed by atoms with Crippen LogP contribution in [0.15, 0.2) is 48.8 Å². The van der Waals surface area contributed by atoms with E-state index >= 15 is 0 Å². The highest BCUT2D eigenvalue weighted by Crippen LogP contribution is 2.09. The van der Waals surface area contributed by atoms with Crippen LogP contribution in [-0.4, -0.2) is 15.8 Å². The third-order valence-electron chi connectivity index (χ3n) is 3.18. The first-order valence-electron chi connectivity index (χ1n) is 6.50. The lowest BCUT2D eigenvalue weighted by molar-refractivity contribution is 0.112. The van der Waals surface area contributed by atoms with Crippen LogP contribution in [0.5, 0.6) is 0 Å². The van der Waals surface area contributed by atoms with E-state index in [1.54, 1.807) is 0 Å². The molecule has 0 aliphatic rings. The zero-order valence-electron chi connectivity index (χ0n) is 12.0. The second-order valence-corrected chi connectivity index (χ2v) is 4.82. The third-order valence-corrected chi connectivity index (χ3v) is 3.18. The zero-order chi connectivity index (χ0) is 14.5. The van der Waals surface area contributed by atoms with Crippen LogP contribution in [0.25, 0.3) is 11.0 Å². The Morgan fingerprint density at radius 2 is 1.85 bits per heavy atom. The van der Waals surface area contributed by atoms with Crippen molar-refractivity contribution < 1.29 is 4.79 Å². The fraction of sp³-hybridized carbons (Fsp3) is 0.176. The quantitative estimate of drug-likeness (QED) is 0.630. The summed E-state index contributed by atoms with van der Waals surface area (Å²) in [5.74, 6) is 0. The molecule has 0 bridgehead atoms. The van der Waals surface area contributed by atoms with Crippen LogP contribution in [0.1, 0.15) is 21.5 Å². The maximum atomic E-state index is 10.3. The van der Waals surface area contributed by atoms with Crippen LogP contribution in [-0.2, 0) is 7.05 Å². The van der Waals surface area contributed by atoms with Crippen molar-refractivity contribution >= 4 is 17.3 Å². The van der Waals surface area contributed by atoms with Crippen LogP contribution in [0.4, 0.5) is 0 Å². The highest BCUT2D eigenvalue weighted by atomic mass is 16.1. The smallest absolute Gasteiger partial charge is 0.150 e. The molecule has 0 radical (unpaired) electrons. The molecule has 2 aromatic carbocycles. The molecule has 0 saturated heterocycles. The molecule has 0 spiro atoms. The number of aromatic nitrogens is 2. The van der Waals surface area contributed by atoms with Gasteiger partial charge >= 0.3 is 0 Å². The Morgan fingerprint density at radius 1 is 1.10 bits per heavy atom. The lowest BCUT2D eigenvalue weighted by Crippen LogP contribution is -1.85. The summed E-state index contributed by atoms with van der Waals surface area (Å²) in [4.78, 5) is 14.5. The van der Waals surface area contributed by atoms with E-state index in [-0.39, 0.29) is 0 Å². The highest BCUT2D eigenvalue weighted by Gasteiger charge is 1.94. The lowest BCUT2D eigenvalue weighted by Gasteiger charge is -1.97. The summed E-state index contributed by atoms with van der Waals surface area (Å²) in [6, 6.07) is 13.9. The van der Waals surface area contributed by atoms with Gasteiger partial charge in [-0.05, 0) is 31.5 Å². The molecular weight excluding hydrogens is 248 g/mol. The fourth-order valence-electron chi connectivity index (χ4n) is 2.04. The van der Waals surface area contributed by atoms with Crippen LogP contribution in [0.3, 0.4) is 0 Å². The normalized spacial score (nSPS) is 9.95. The highest BCUT2D eigenvalue weighted by molar-refractivity contribution is 5.77. The first-order chi connectivity index (χ1) is 9.61. The molecule has 0 aliphatic heterocycles. The van der Waals surface area contributed by atoms with Crippen molar-refractivity contribution in [2.75, 3.05) is 0 Å². The summed E-state index contributed by atoms with van der Waals surface area (Å²) in [5, 5.41) is 0. The van der Waals surface area contributed by atoms with E-state index < -0.39 is 0 Å². The molecule has 0 atom stereocenters. The molecule has 0 fully saturated rings. The molecule has 0 unspecified atom stereocenters. The van der Waals surface area contributed by atoms with Gasteiger partial charge in [0, 0.05) is 12.6 Å². The SMILES string of the molecule is Cc1ccc(C=O)c(C)c1.Cn1cnc2ccccc21. The molecule has 0 saturated carbocycles. The topological polar surface area (TPSA) is 34.9 Å². The molecule has 3 aromatic rings. The number of carbonyl (C=O) groups excluding carboxylic acids is 1. The predicted molar refractivity (Wildman–Crippen MR) is 82.0 cm³/mol. The van der Waals surface area contributed by atoms with Crippen LogP contribution in [0, 0.1) is 13.8 Å². The average molecular weight is 266 g/mol.